The number of hydrogen-bond acceptors (Lipinski definition) is 8. The molecule has 214 valence electrons. The number of ether oxygens (including phenoxy) is 3. The van der Waals surface area contributed by atoms with Crippen molar-refractivity contribution < 1.29 is 28.6 Å². The first kappa shape index (κ1) is 28.1. The van der Waals surface area contributed by atoms with E-state index in [4.69, 9.17) is 25.4 Å². The molecule has 3 fully saturated rings. The van der Waals surface area contributed by atoms with Crippen LogP contribution in [0.4, 0.5) is 0 Å². The molecule has 1 saturated carbocycles. The number of rotatable bonds is 12. The van der Waals surface area contributed by atoms with Gasteiger partial charge in [0.1, 0.15) is 17.6 Å². The second kappa shape index (κ2) is 12.4. The van der Waals surface area contributed by atoms with Crippen molar-refractivity contribution in [1.82, 2.24) is 15.5 Å². The first-order valence-corrected chi connectivity index (χ1v) is 14.5. The van der Waals surface area contributed by atoms with E-state index in [-0.39, 0.29) is 56.0 Å². The summed E-state index contributed by atoms with van der Waals surface area (Å²) in [5, 5.41) is 14.8. The first-order valence-electron chi connectivity index (χ1n) is 13.6. The van der Waals surface area contributed by atoms with Crippen LogP contribution in [0.2, 0.25) is 0 Å². The van der Waals surface area contributed by atoms with Crippen molar-refractivity contribution in [3.63, 3.8) is 0 Å². The fraction of sp³-hybridized carbons (Fsp3) is 0.500. The van der Waals surface area contributed by atoms with Crippen LogP contribution in [0.3, 0.4) is 0 Å². The van der Waals surface area contributed by atoms with E-state index < -0.39 is 11.8 Å². The molecule has 3 aliphatic rings. The number of nitrogens with zero attached hydrogens (tertiary/aromatic N) is 1. The Kier molecular flexibility index (Phi) is 8.67. The van der Waals surface area contributed by atoms with E-state index >= 15 is 0 Å². The third kappa shape index (κ3) is 6.98. The predicted molar refractivity (Wildman–Crippen MR) is 148 cm³/mol. The molecule has 2 aliphatic heterocycles. The third-order valence-corrected chi connectivity index (χ3v) is 8.25. The third-order valence-electron chi connectivity index (χ3n) is 7.31. The molecule has 1 unspecified atom stereocenters. The van der Waals surface area contributed by atoms with Gasteiger partial charge in [-0.1, -0.05) is 12.1 Å². The Hall–Kier alpha value is -3.48. The fourth-order valence-corrected chi connectivity index (χ4v) is 5.81. The molecule has 0 bridgehead atoms. The van der Waals surface area contributed by atoms with Crippen molar-refractivity contribution in [3.05, 3.63) is 51.7 Å². The molecular weight excluding hydrogens is 534 g/mol. The molecule has 11 nitrogen and oxygen atoms in total. The number of carbonyl (C=O) groups is 3. The van der Waals surface area contributed by atoms with E-state index in [9.17, 15) is 14.4 Å². The van der Waals surface area contributed by atoms with Crippen molar-refractivity contribution in [1.29, 1.82) is 5.41 Å². The second-order valence-corrected chi connectivity index (χ2v) is 11.4. The molecule has 1 atom stereocenters. The topological polar surface area (TPSA) is 156 Å². The van der Waals surface area contributed by atoms with Crippen LogP contribution in [-0.4, -0.2) is 73.2 Å². The Morgan fingerprint density at radius 3 is 2.58 bits per heavy atom. The maximum Gasteiger partial charge on any atom is 0.243 e. The Bertz CT molecular complexity index is 1240. The highest BCUT2D eigenvalue weighted by atomic mass is 32.1. The average Bonchev–Trinajstić information content (AvgIpc) is 3.34. The minimum absolute atomic E-state index is 0.0353. The molecule has 0 radical (unpaired) electrons. The average molecular weight is 570 g/mol. The van der Waals surface area contributed by atoms with Crippen LogP contribution < -0.4 is 21.1 Å². The first-order chi connectivity index (χ1) is 19.3. The van der Waals surface area contributed by atoms with Crippen molar-refractivity contribution in [3.8, 4) is 5.75 Å². The molecule has 5 N–H and O–H groups in total. The van der Waals surface area contributed by atoms with E-state index in [1.54, 1.807) is 11.4 Å². The summed E-state index contributed by atoms with van der Waals surface area (Å²) < 4.78 is 17.3. The van der Waals surface area contributed by atoms with Crippen molar-refractivity contribution in [2.45, 2.75) is 56.4 Å². The maximum absolute atomic E-state index is 13.1. The van der Waals surface area contributed by atoms with Gasteiger partial charge in [0.05, 0.1) is 39.5 Å². The van der Waals surface area contributed by atoms with Gasteiger partial charge in [-0.25, -0.2) is 0 Å². The number of amides is 3. The lowest BCUT2D eigenvalue weighted by molar-refractivity contribution is -0.152. The zero-order chi connectivity index (χ0) is 28.1. The molecule has 2 saturated heterocycles. The highest BCUT2D eigenvalue weighted by Crippen LogP contribution is 2.40. The molecule has 1 aromatic carbocycles. The van der Waals surface area contributed by atoms with Crippen LogP contribution in [0.25, 0.3) is 0 Å². The number of likely N-dealkylation sites (tertiary alicyclic amines) is 1. The molecule has 1 aliphatic carbocycles. The molecule has 12 heteroatoms. The molecule has 3 heterocycles. The molecule has 40 heavy (non-hydrogen) atoms. The summed E-state index contributed by atoms with van der Waals surface area (Å²) in [6.07, 6.45) is 3.45. The quantitative estimate of drug-likeness (QED) is 0.173. The normalized spacial score (nSPS) is 19.5. The summed E-state index contributed by atoms with van der Waals surface area (Å²) in [5.41, 5.74) is 7.46. The number of nitrogens with two attached hydrogens (primary N) is 1. The lowest BCUT2D eigenvalue weighted by atomic mass is 10.1. The summed E-state index contributed by atoms with van der Waals surface area (Å²) >= 11 is 1.39. The van der Waals surface area contributed by atoms with E-state index in [0.29, 0.717) is 37.7 Å². The zero-order valence-electron chi connectivity index (χ0n) is 22.3. The van der Waals surface area contributed by atoms with Crippen LogP contribution in [0.1, 0.15) is 54.0 Å². The van der Waals surface area contributed by atoms with Crippen molar-refractivity contribution >= 4 is 34.9 Å². The van der Waals surface area contributed by atoms with Gasteiger partial charge in [-0.15, -0.1) is 11.3 Å². The van der Waals surface area contributed by atoms with E-state index in [0.717, 1.165) is 10.6 Å². The maximum atomic E-state index is 13.1. The molecular formula is C28H35N5O6S. The molecule has 1 spiro atoms. The summed E-state index contributed by atoms with van der Waals surface area (Å²) in [7, 11) is 0. The molecule has 5 rings (SSSR count). The number of carbonyl (C=O) groups excluding carboxylic acids is 3. The van der Waals surface area contributed by atoms with Crippen LogP contribution in [0.5, 0.6) is 5.75 Å². The summed E-state index contributed by atoms with van der Waals surface area (Å²) in [5.74, 6) is -0.553. The van der Waals surface area contributed by atoms with Gasteiger partial charge in [-0.05, 0) is 48.9 Å². The Morgan fingerprint density at radius 1 is 1.15 bits per heavy atom. The van der Waals surface area contributed by atoms with E-state index in [1.807, 2.05) is 12.1 Å². The molecule has 2 aromatic rings. The van der Waals surface area contributed by atoms with Gasteiger partial charge >= 0.3 is 0 Å². The predicted octanol–water partition coefficient (Wildman–Crippen LogP) is 1.85. The second-order valence-electron chi connectivity index (χ2n) is 10.4. The van der Waals surface area contributed by atoms with E-state index in [1.165, 1.54) is 34.6 Å². The van der Waals surface area contributed by atoms with Gasteiger partial charge in [0.25, 0.3) is 0 Å². The number of nitrogen functional groups attached to an aromatic ring is 1. The largest absolute Gasteiger partial charge is 0.494 e. The highest BCUT2D eigenvalue weighted by molar-refractivity contribution is 7.10. The number of amidine groups is 1. The Labute approximate surface area is 236 Å². The van der Waals surface area contributed by atoms with Gasteiger partial charge < -0.3 is 35.5 Å². The summed E-state index contributed by atoms with van der Waals surface area (Å²) in [4.78, 5) is 40.9. The molecule has 3 amide bonds. The standard InChI is InChI=1S/C28H35N5O6S/c29-26(30)20-12-22(40-16-20)14-32-27(36)23-13-28(38-10-11-39-28)17-33(23)25(35)15-31-24(34)2-1-9-37-21-7-5-19(6-8-21)18-3-4-18/h5-8,12,16,18,23H,1-4,9-11,13-15,17H2,(H3,29,30)(H,31,34)(H,32,36). The van der Waals surface area contributed by atoms with Crippen LogP contribution in [0.15, 0.2) is 35.7 Å². The number of nitrogens with one attached hydrogen (secondary N) is 3. The van der Waals surface area contributed by atoms with Crippen LogP contribution in [0, 0.1) is 5.41 Å². The molecule has 1 aromatic heterocycles. The minimum atomic E-state index is -1.01. The van der Waals surface area contributed by atoms with Gasteiger partial charge in [-0.3, -0.25) is 19.8 Å². The lowest BCUT2D eigenvalue weighted by Crippen LogP contribution is -2.49. The van der Waals surface area contributed by atoms with Gasteiger partial charge in [0, 0.05) is 28.7 Å². The highest BCUT2D eigenvalue weighted by Gasteiger charge is 2.52. The van der Waals surface area contributed by atoms with Crippen LogP contribution in [-0.2, 0) is 30.4 Å². The summed E-state index contributed by atoms with van der Waals surface area (Å²) in [6.45, 7) is 1.31. The lowest BCUT2D eigenvalue weighted by Gasteiger charge is -2.24. The Balaban J connectivity index is 1.07. The Morgan fingerprint density at radius 2 is 1.90 bits per heavy atom. The smallest absolute Gasteiger partial charge is 0.243 e. The summed E-state index contributed by atoms with van der Waals surface area (Å²) in [6, 6.07) is 9.06. The van der Waals surface area contributed by atoms with E-state index in [2.05, 4.69) is 22.8 Å². The SMILES string of the molecule is N=C(N)c1csc(CNC(=O)C2CC3(CN2C(=O)CNC(=O)CCCOc2ccc(C4CC4)cc2)OCCO3)c1. The van der Waals surface area contributed by atoms with Crippen LogP contribution >= 0.6 is 11.3 Å². The van der Waals surface area contributed by atoms with Gasteiger partial charge in [-0.2, -0.15) is 0 Å². The number of thiophene rings is 1. The van der Waals surface area contributed by atoms with Gasteiger partial charge in [0.2, 0.25) is 17.7 Å². The minimum Gasteiger partial charge on any atom is -0.494 e. The monoisotopic (exact) mass is 569 g/mol. The van der Waals surface area contributed by atoms with Crippen molar-refractivity contribution in [2.75, 3.05) is 32.9 Å². The fourth-order valence-electron chi connectivity index (χ4n) is 4.99. The zero-order valence-corrected chi connectivity index (χ0v) is 23.1. The number of benzene rings is 1. The number of hydrogen-bond donors (Lipinski definition) is 4. The van der Waals surface area contributed by atoms with Crippen molar-refractivity contribution in [2.24, 2.45) is 5.73 Å². The van der Waals surface area contributed by atoms with Gasteiger partial charge in [0.15, 0.2) is 5.79 Å².